The Morgan fingerprint density at radius 1 is 1.75 bits per heavy atom. The van der Waals surface area contributed by atoms with Gasteiger partial charge in [0.25, 0.3) is 0 Å². The maximum atomic E-state index is 5.75. The molecule has 0 aliphatic heterocycles. The molecule has 0 heterocycles. The maximum absolute atomic E-state index is 5.75. The Balaban J connectivity index is 0. The van der Waals surface area contributed by atoms with Gasteiger partial charge in [-0.25, -0.2) is 0 Å². The second-order valence-electron chi connectivity index (χ2n) is 0.144. The summed E-state index contributed by atoms with van der Waals surface area (Å²) in [5, 5.41) is 5.75. The summed E-state index contributed by atoms with van der Waals surface area (Å²) in [4.78, 5) is 0. The van der Waals surface area contributed by atoms with E-state index in [0.717, 1.165) is 0 Å². The average molecular weight is 50.0 g/mol. The Labute approximate surface area is 37.1 Å². The second kappa shape index (κ2) is 11.5. The maximum Gasteiger partial charge on any atom is 1.00 e. The van der Waals surface area contributed by atoms with Crippen LogP contribution in [-0.4, -0.2) is 6.34 Å². The fourth-order valence-electron chi connectivity index (χ4n) is 0. The largest absolute Gasteiger partial charge is 1.00 e. The van der Waals surface area contributed by atoms with Gasteiger partial charge in [-0.05, 0) is 0 Å². The van der Waals surface area contributed by atoms with E-state index in [1.54, 1.807) is 0 Å². The van der Waals surface area contributed by atoms with E-state index >= 15 is 0 Å². The molecule has 4 heavy (non-hydrogen) atoms. The Morgan fingerprint density at radius 3 is 1.75 bits per heavy atom. The predicted octanol–water partition coefficient (Wildman–Crippen LogP) is -2.35. The molecule has 0 fully saturated rings. The smallest absolute Gasteiger partial charge is 0.489 e. The van der Waals surface area contributed by atoms with Crippen LogP contribution < -0.4 is 18.9 Å². The predicted molar refractivity (Wildman–Crippen MR) is 13.1 cm³/mol. The summed E-state index contributed by atoms with van der Waals surface area (Å²) in [6.45, 7) is 0. The van der Waals surface area contributed by atoms with Crippen molar-refractivity contribution in [2.24, 2.45) is 0 Å². The van der Waals surface area contributed by atoms with Crippen molar-refractivity contribution in [1.29, 1.82) is 5.41 Å². The zero-order valence-corrected chi connectivity index (χ0v) is 2.58. The minimum Gasteiger partial charge on any atom is -0.489 e. The second-order valence-corrected chi connectivity index (χ2v) is 0.144. The molecule has 0 rings (SSSR count). The first-order valence-electron chi connectivity index (χ1n) is 0.577. The average Bonchev–Trinajstić information content (AvgIpc) is 0.918. The summed E-state index contributed by atoms with van der Waals surface area (Å²) >= 11 is 0. The molecule has 0 amide bonds. The molecular weight excluding hydrogens is 47.0 g/mol. The molecule has 0 aliphatic rings. The van der Waals surface area contributed by atoms with Crippen molar-refractivity contribution >= 4 is 6.34 Å². The molecule has 0 saturated heterocycles. The zero-order valence-electron chi connectivity index (χ0n) is 2.58. The summed E-state index contributed by atoms with van der Waals surface area (Å²) in [5.41, 5.74) is 5.75. The molecule has 0 radical (unpaired) electrons. The molecule has 3 heteroatoms. The number of nitrogens with one attached hydrogen (secondary N) is 2. The molecule has 0 bridgehead atoms. The quantitative estimate of drug-likeness (QED) is 0.181. The zero-order chi connectivity index (χ0) is 2.71. The molecule has 18 valence electrons. The standard InChI is InChI=1S/CH3N2.Li/c2-1-3;/h1H,(H2-,2,3);/q-1;+1. The van der Waals surface area contributed by atoms with E-state index in [9.17, 15) is 0 Å². The van der Waals surface area contributed by atoms with Gasteiger partial charge < -0.3 is 11.1 Å². The van der Waals surface area contributed by atoms with E-state index in [0.29, 0.717) is 6.34 Å². The van der Waals surface area contributed by atoms with Crippen LogP contribution in [-0.2, 0) is 0 Å². The molecule has 0 aromatic carbocycles. The summed E-state index contributed by atoms with van der Waals surface area (Å²) in [5.74, 6) is 0. The van der Waals surface area contributed by atoms with Crippen LogP contribution in [0.1, 0.15) is 0 Å². The Morgan fingerprint density at radius 2 is 1.75 bits per heavy atom. The van der Waals surface area contributed by atoms with Gasteiger partial charge in [0.05, 0.1) is 0 Å². The van der Waals surface area contributed by atoms with E-state index in [2.05, 4.69) is 0 Å². The van der Waals surface area contributed by atoms with E-state index in [1.807, 2.05) is 0 Å². The van der Waals surface area contributed by atoms with Crippen molar-refractivity contribution < 1.29 is 18.9 Å². The van der Waals surface area contributed by atoms with Crippen molar-refractivity contribution in [2.75, 3.05) is 0 Å². The van der Waals surface area contributed by atoms with Gasteiger partial charge in [0.2, 0.25) is 0 Å². The fraction of sp³-hybridized carbons (Fsp3) is 0. The Bertz CT molecular complexity index is 13.5. The number of hydrogen-bond donors (Lipinski definition) is 1. The van der Waals surface area contributed by atoms with Crippen LogP contribution >= 0.6 is 0 Å². The van der Waals surface area contributed by atoms with Crippen LogP contribution in [0.25, 0.3) is 5.73 Å². The molecule has 0 aromatic heterocycles. The van der Waals surface area contributed by atoms with E-state index in [4.69, 9.17) is 11.1 Å². The van der Waals surface area contributed by atoms with Gasteiger partial charge in [0, 0.05) is 0 Å². The first-order chi connectivity index (χ1) is 1.41. The molecule has 0 spiro atoms. The van der Waals surface area contributed by atoms with E-state index in [1.165, 1.54) is 0 Å². The van der Waals surface area contributed by atoms with Crippen molar-refractivity contribution in [3.63, 3.8) is 0 Å². The molecule has 0 atom stereocenters. The third kappa shape index (κ3) is 518. The van der Waals surface area contributed by atoms with Gasteiger partial charge >= 0.3 is 18.9 Å². The van der Waals surface area contributed by atoms with Gasteiger partial charge in [0.15, 0.2) is 0 Å². The van der Waals surface area contributed by atoms with Gasteiger partial charge in [-0.1, -0.05) is 0 Å². The summed E-state index contributed by atoms with van der Waals surface area (Å²) < 4.78 is 0. The van der Waals surface area contributed by atoms with Gasteiger partial charge in [-0.15, -0.1) is 6.34 Å². The fourth-order valence-corrected chi connectivity index (χ4v) is 0. The van der Waals surface area contributed by atoms with Crippen LogP contribution in [0.15, 0.2) is 0 Å². The summed E-state index contributed by atoms with van der Waals surface area (Å²) in [6.07, 6.45) is 0.500. The Kier molecular flexibility index (Phi) is 25.8. The van der Waals surface area contributed by atoms with Crippen LogP contribution in [0.4, 0.5) is 0 Å². The minimum absolute atomic E-state index is 0. The topological polar surface area (TPSA) is 47.7 Å². The molecule has 0 aliphatic carbocycles. The summed E-state index contributed by atoms with van der Waals surface area (Å²) in [6, 6.07) is 0. The first-order valence-corrected chi connectivity index (χ1v) is 0.577. The normalized spacial score (nSPS) is 3.00. The number of hydrogen-bond acceptors (Lipinski definition) is 1. The third-order valence-electron chi connectivity index (χ3n) is 0. The van der Waals surface area contributed by atoms with Crippen molar-refractivity contribution in [1.82, 2.24) is 0 Å². The van der Waals surface area contributed by atoms with Gasteiger partial charge in [-0.2, -0.15) is 0 Å². The summed E-state index contributed by atoms with van der Waals surface area (Å²) in [7, 11) is 0. The van der Waals surface area contributed by atoms with Crippen molar-refractivity contribution in [2.45, 2.75) is 0 Å². The molecule has 0 unspecified atom stereocenters. The van der Waals surface area contributed by atoms with Crippen LogP contribution in [0.2, 0.25) is 0 Å². The molecule has 2 nitrogen and oxygen atoms in total. The van der Waals surface area contributed by atoms with Crippen molar-refractivity contribution in [3.05, 3.63) is 5.73 Å². The SMILES string of the molecule is N=C[NH-].[Li+]. The van der Waals surface area contributed by atoms with Crippen LogP contribution in [0.3, 0.4) is 0 Å². The number of rotatable bonds is 0. The molecule has 0 aromatic rings. The third-order valence-corrected chi connectivity index (χ3v) is 0. The molecular formula is CH3LiN2. The van der Waals surface area contributed by atoms with Gasteiger partial charge in [0.1, 0.15) is 0 Å². The Hall–Kier alpha value is 0.0674. The molecule has 0 saturated carbocycles. The van der Waals surface area contributed by atoms with E-state index < -0.39 is 0 Å². The molecule has 2 N–H and O–H groups in total. The first kappa shape index (κ1) is 8.95. The van der Waals surface area contributed by atoms with E-state index in [-0.39, 0.29) is 18.9 Å². The monoisotopic (exact) mass is 50.0 g/mol. The van der Waals surface area contributed by atoms with Crippen LogP contribution in [0.5, 0.6) is 0 Å². The van der Waals surface area contributed by atoms with Gasteiger partial charge in [-0.3, -0.25) is 0 Å². The van der Waals surface area contributed by atoms with Crippen LogP contribution in [0, 0.1) is 5.41 Å². The van der Waals surface area contributed by atoms with Crippen molar-refractivity contribution in [3.8, 4) is 0 Å². The minimum atomic E-state index is 0.